The summed E-state index contributed by atoms with van der Waals surface area (Å²) < 4.78 is 13.7. The number of hydrogen-bond donors (Lipinski definition) is 0. The largest absolute Gasteiger partial charge is 0.416 e. The molecule has 0 N–H and O–H groups in total. The Bertz CT molecular complexity index is 871. The number of carbonyl (C=O) groups is 1. The monoisotopic (exact) mass is 486 g/mol. The van der Waals surface area contributed by atoms with Gasteiger partial charge in [-0.1, -0.05) is 77.4 Å². The molecule has 1 aromatic carbocycles. The number of allylic oxidation sites excluding steroid dienone is 2. The molecule has 1 aromatic rings. The SMILES string of the molecule is CC(C)(C)[Si](C)(C)OCC1(CO[Si](C)(C)C(C)(C)C)CC2=C(c3ccccc3)C(=O)CC2C1. The van der Waals surface area contributed by atoms with E-state index in [-0.39, 0.29) is 15.5 Å². The van der Waals surface area contributed by atoms with E-state index in [1.165, 1.54) is 5.57 Å². The van der Waals surface area contributed by atoms with E-state index in [1.807, 2.05) is 18.2 Å². The van der Waals surface area contributed by atoms with Crippen molar-refractivity contribution in [2.75, 3.05) is 13.2 Å². The standard InChI is InChI=1S/C28H46O3Si2/c1-26(2,3)32(7,8)30-19-28(20-31-33(9,10)27(4,5)6)17-22-16-24(29)25(23(22)18-28)21-14-12-11-13-15-21/h11-15,22H,16-20H2,1-10H3. The number of fused-ring (bicyclic) bond motifs is 1. The third kappa shape index (κ3) is 5.47. The quantitative estimate of drug-likeness (QED) is 0.368. The maximum absolute atomic E-state index is 13.0. The molecule has 0 saturated heterocycles. The Morgan fingerprint density at radius 1 is 0.879 bits per heavy atom. The topological polar surface area (TPSA) is 35.5 Å². The zero-order valence-electron chi connectivity index (χ0n) is 22.7. The maximum atomic E-state index is 13.0. The van der Waals surface area contributed by atoms with Crippen molar-refractivity contribution in [3.63, 3.8) is 0 Å². The summed E-state index contributed by atoms with van der Waals surface area (Å²) in [5, 5.41) is 0.348. The fraction of sp³-hybridized carbons (Fsp3) is 0.679. The minimum absolute atomic E-state index is 0.0498. The maximum Gasteiger partial charge on any atom is 0.192 e. The Kier molecular flexibility index (Phi) is 7.16. The molecule has 0 amide bonds. The van der Waals surface area contributed by atoms with Gasteiger partial charge in [-0.25, -0.2) is 0 Å². The van der Waals surface area contributed by atoms with Crippen LogP contribution in [0.15, 0.2) is 35.9 Å². The van der Waals surface area contributed by atoms with Crippen molar-refractivity contribution >= 4 is 28.0 Å². The molecule has 2 aliphatic rings. The minimum Gasteiger partial charge on any atom is -0.416 e. The van der Waals surface area contributed by atoms with Gasteiger partial charge in [0.2, 0.25) is 0 Å². The molecule has 1 saturated carbocycles. The van der Waals surface area contributed by atoms with Crippen LogP contribution in [0, 0.1) is 11.3 Å². The van der Waals surface area contributed by atoms with Gasteiger partial charge in [0.1, 0.15) is 0 Å². The smallest absolute Gasteiger partial charge is 0.192 e. The molecule has 1 unspecified atom stereocenters. The van der Waals surface area contributed by atoms with Gasteiger partial charge in [-0.15, -0.1) is 0 Å². The Morgan fingerprint density at radius 2 is 1.36 bits per heavy atom. The fourth-order valence-electron chi connectivity index (χ4n) is 4.57. The second-order valence-corrected chi connectivity index (χ2v) is 23.2. The van der Waals surface area contributed by atoms with Crippen LogP contribution in [0.25, 0.3) is 5.57 Å². The van der Waals surface area contributed by atoms with E-state index in [4.69, 9.17) is 8.85 Å². The molecule has 184 valence electrons. The summed E-state index contributed by atoms with van der Waals surface area (Å²) in [7, 11) is -3.78. The van der Waals surface area contributed by atoms with Crippen molar-refractivity contribution in [1.29, 1.82) is 0 Å². The van der Waals surface area contributed by atoms with E-state index >= 15 is 0 Å². The van der Waals surface area contributed by atoms with Gasteiger partial charge >= 0.3 is 0 Å². The molecule has 0 bridgehead atoms. The number of rotatable bonds is 7. The minimum atomic E-state index is -1.89. The summed E-state index contributed by atoms with van der Waals surface area (Å²) in [4.78, 5) is 13.0. The molecule has 2 aliphatic carbocycles. The number of carbonyl (C=O) groups excluding carboxylic acids is 1. The molecule has 3 nitrogen and oxygen atoms in total. The molecule has 0 radical (unpaired) electrons. The Balaban J connectivity index is 1.93. The van der Waals surface area contributed by atoms with Crippen LogP contribution in [0.1, 0.15) is 66.4 Å². The van der Waals surface area contributed by atoms with Gasteiger partial charge in [0.15, 0.2) is 22.4 Å². The summed E-state index contributed by atoms with van der Waals surface area (Å²) in [6.07, 6.45) is 2.55. The predicted molar refractivity (Wildman–Crippen MR) is 144 cm³/mol. The first-order chi connectivity index (χ1) is 15.0. The van der Waals surface area contributed by atoms with Crippen molar-refractivity contribution in [3.8, 4) is 0 Å². The van der Waals surface area contributed by atoms with E-state index in [0.717, 1.165) is 37.2 Å². The van der Waals surface area contributed by atoms with Gasteiger partial charge in [-0.05, 0) is 60.6 Å². The van der Waals surface area contributed by atoms with Crippen molar-refractivity contribution in [2.24, 2.45) is 11.3 Å². The lowest BCUT2D eigenvalue weighted by atomic mass is 9.85. The molecular weight excluding hydrogens is 440 g/mol. The average molecular weight is 487 g/mol. The zero-order valence-corrected chi connectivity index (χ0v) is 24.7. The summed E-state index contributed by atoms with van der Waals surface area (Å²) in [5.41, 5.74) is 3.35. The van der Waals surface area contributed by atoms with Crippen molar-refractivity contribution < 1.29 is 13.6 Å². The molecule has 1 fully saturated rings. The molecular formula is C28H46O3Si2. The first-order valence-corrected chi connectivity index (χ1v) is 18.4. The Morgan fingerprint density at radius 3 is 1.82 bits per heavy atom. The van der Waals surface area contributed by atoms with Crippen LogP contribution in [0.3, 0.4) is 0 Å². The van der Waals surface area contributed by atoms with Crippen LogP contribution in [0.4, 0.5) is 0 Å². The lowest BCUT2D eigenvalue weighted by Crippen LogP contribution is -2.47. The fourth-order valence-corrected chi connectivity index (χ4v) is 6.77. The molecule has 33 heavy (non-hydrogen) atoms. The molecule has 5 heteroatoms. The molecule has 0 heterocycles. The molecule has 0 aliphatic heterocycles. The van der Waals surface area contributed by atoms with Crippen LogP contribution in [0.5, 0.6) is 0 Å². The molecule has 1 atom stereocenters. The number of ketones is 1. The second-order valence-electron chi connectivity index (χ2n) is 13.6. The summed E-state index contributed by atoms with van der Waals surface area (Å²) in [5.74, 6) is 0.643. The first kappa shape index (κ1) is 26.6. The van der Waals surface area contributed by atoms with Crippen molar-refractivity contribution in [3.05, 3.63) is 41.5 Å². The van der Waals surface area contributed by atoms with Gasteiger partial charge in [0.25, 0.3) is 0 Å². The number of benzene rings is 1. The van der Waals surface area contributed by atoms with Crippen LogP contribution in [-0.4, -0.2) is 35.6 Å². The highest BCUT2D eigenvalue weighted by Gasteiger charge is 2.51. The highest BCUT2D eigenvalue weighted by molar-refractivity contribution is 6.74. The molecule has 3 rings (SSSR count). The van der Waals surface area contributed by atoms with Crippen molar-refractivity contribution in [1.82, 2.24) is 0 Å². The third-order valence-electron chi connectivity index (χ3n) is 8.92. The van der Waals surface area contributed by atoms with E-state index < -0.39 is 16.6 Å². The van der Waals surface area contributed by atoms with Gasteiger partial charge < -0.3 is 8.85 Å². The van der Waals surface area contributed by atoms with Gasteiger partial charge in [-0.3, -0.25) is 4.79 Å². The average Bonchev–Trinajstić information content (AvgIpc) is 3.17. The lowest BCUT2D eigenvalue weighted by molar-refractivity contribution is -0.113. The van der Waals surface area contributed by atoms with Gasteiger partial charge in [0, 0.05) is 30.6 Å². The van der Waals surface area contributed by atoms with Crippen LogP contribution < -0.4 is 0 Å². The summed E-state index contributed by atoms with van der Waals surface area (Å²) in [6.45, 7) is 24.6. The van der Waals surface area contributed by atoms with Crippen LogP contribution >= 0.6 is 0 Å². The predicted octanol–water partition coefficient (Wildman–Crippen LogP) is 7.85. The highest BCUT2D eigenvalue weighted by atomic mass is 28.4. The molecule has 0 aromatic heterocycles. The number of hydrogen-bond acceptors (Lipinski definition) is 3. The summed E-state index contributed by atoms with van der Waals surface area (Å²) in [6, 6.07) is 10.3. The molecule has 0 spiro atoms. The van der Waals surface area contributed by atoms with Crippen LogP contribution in [0.2, 0.25) is 36.3 Å². The number of Topliss-reactive ketones (excluding diaryl/α,β-unsaturated/α-hetero) is 1. The third-order valence-corrected chi connectivity index (χ3v) is 17.9. The first-order valence-electron chi connectivity index (χ1n) is 12.6. The van der Waals surface area contributed by atoms with E-state index in [1.54, 1.807) is 0 Å². The van der Waals surface area contributed by atoms with Gasteiger partial charge in [-0.2, -0.15) is 0 Å². The Hall–Kier alpha value is -1.02. The zero-order chi connectivity index (χ0) is 24.9. The van der Waals surface area contributed by atoms with Gasteiger partial charge in [0.05, 0.1) is 0 Å². The highest BCUT2D eigenvalue weighted by Crippen LogP contribution is 2.55. The summed E-state index contributed by atoms with van der Waals surface area (Å²) >= 11 is 0. The van der Waals surface area contributed by atoms with Crippen LogP contribution in [-0.2, 0) is 13.6 Å². The van der Waals surface area contributed by atoms with E-state index in [9.17, 15) is 4.79 Å². The normalized spacial score (nSPS) is 21.6. The van der Waals surface area contributed by atoms with Crippen molar-refractivity contribution in [2.45, 2.75) is 97.1 Å². The van der Waals surface area contributed by atoms with E-state index in [0.29, 0.717) is 18.1 Å². The van der Waals surface area contributed by atoms with E-state index in [2.05, 4.69) is 79.9 Å². The Labute approximate surface area is 204 Å². The lowest BCUT2D eigenvalue weighted by Gasteiger charge is -2.43. The second kappa shape index (κ2) is 8.89.